The topological polar surface area (TPSA) is 84.1 Å². The first-order valence-electron chi connectivity index (χ1n) is 6.31. The minimum absolute atomic E-state index is 0.221. The molecule has 0 aromatic carbocycles. The van der Waals surface area contributed by atoms with Crippen molar-refractivity contribution in [1.82, 2.24) is 9.97 Å². The van der Waals surface area contributed by atoms with Crippen LogP contribution in [0.1, 0.15) is 33.3 Å². The highest BCUT2D eigenvalue weighted by atomic mass is 35.5. The molecule has 21 heavy (non-hydrogen) atoms. The fraction of sp³-hybridized carbons (Fsp3) is 0.214. The third kappa shape index (κ3) is 3.41. The number of anilines is 1. The van der Waals surface area contributed by atoms with E-state index in [4.69, 9.17) is 16.3 Å². The summed E-state index contributed by atoms with van der Waals surface area (Å²) in [5.41, 5.74) is 1.65. The number of pyridine rings is 1. The second-order valence-electron chi connectivity index (χ2n) is 4.24. The highest BCUT2D eigenvalue weighted by molar-refractivity contribution is 6.29. The third-order valence-corrected chi connectivity index (χ3v) is 3.00. The second kappa shape index (κ2) is 6.41. The number of nitrogens with one attached hydrogen (secondary N) is 2. The van der Waals surface area contributed by atoms with E-state index in [-0.39, 0.29) is 17.7 Å². The van der Waals surface area contributed by atoms with Crippen LogP contribution in [0.5, 0.6) is 0 Å². The van der Waals surface area contributed by atoms with Gasteiger partial charge in [-0.2, -0.15) is 0 Å². The largest absolute Gasteiger partial charge is 0.462 e. The molecule has 0 aliphatic heterocycles. The number of aromatic nitrogens is 2. The molecule has 0 atom stereocenters. The Balaban J connectivity index is 2.24. The summed E-state index contributed by atoms with van der Waals surface area (Å²) in [6.07, 6.45) is 2.98. The summed E-state index contributed by atoms with van der Waals surface area (Å²) in [6.45, 7) is 3.71. The first-order chi connectivity index (χ1) is 10.0. The number of esters is 1. The van der Waals surface area contributed by atoms with Crippen LogP contribution in [0, 0.1) is 6.92 Å². The second-order valence-corrected chi connectivity index (χ2v) is 4.63. The Hall–Kier alpha value is -2.34. The van der Waals surface area contributed by atoms with E-state index in [9.17, 15) is 9.59 Å². The fourth-order valence-electron chi connectivity index (χ4n) is 1.83. The number of rotatable bonds is 4. The number of carbonyl (C=O) groups is 2. The monoisotopic (exact) mass is 307 g/mol. The molecule has 0 saturated carbocycles. The molecule has 2 heterocycles. The van der Waals surface area contributed by atoms with Crippen molar-refractivity contribution in [3.8, 4) is 0 Å². The minimum atomic E-state index is -0.487. The Kier molecular flexibility index (Phi) is 4.59. The number of nitrogens with zero attached hydrogens (tertiary/aromatic N) is 1. The van der Waals surface area contributed by atoms with Crippen LogP contribution in [-0.2, 0) is 4.74 Å². The standard InChI is InChI=1S/C14H14ClN3O3/c1-3-21-14(20)12-8(2)17-7-10(12)18-13(19)9-4-5-16-11(15)6-9/h4-7,17H,3H2,1-2H3,(H,18,19). The van der Waals surface area contributed by atoms with Gasteiger partial charge in [0.05, 0.1) is 12.3 Å². The molecule has 0 radical (unpaired) electrons. The highest BCUT2D eigenvalue weighted by Gasteiger charge is 2.19. The molecule has 0 saturated heterocycles. The van der Waals surface area contributed by atoms with Crippen molar-refractivity contribution in [2.75, 3.05) is 11.9 Å². The maximum absolute atomic E-state index is 12.1. The van der Waals surface area contributed by atoms with Crippen molar-refractivity contribution in [1.29, 1.82) is 0 Å². The molecule has 0 spiro atoms. The number of hydrogen-bond acceptors (Lipinski definition) is 4. The van der Waals surface area contributed by atoms with Gasteiger partial charge < -0.3 is 15.0 Å². The van der Waals surface area contributed by atoms with Crippen LogP contribution in [0.25, 0.3) is 0 Å². The van der Waals surface area contributed by atoms with Crippen molar-refractivity contribution in [2.45, 2.75) is 13.8 Å². The summed E-state index contributed by atoms with van der Waals surface area (Å²) in [6, 6.07) is 2.98. The van der Waals surface area contributed by atoms with Gasteiger partial charge in [0.25, 0.3) is 5.91 Å². The highest BCUT2D eigenvalue weighted by Crippen LogP contribution is 2.21. The molecule has 1 amide bonds. The van der Waals surface area contributed by atoms with Gasteiger partial charge in [0, 0.05) is 23.7 Å². The van der Waals surface area contributed by atoms with Gasteiger partial charge in [0.1, 0.15) is 10.7 Å². The summed E-state index contributed by atoms with van der Waals surface area (Å²) in [5, 5.41) is 2.88. The normalized spacial score (nSPS) is 10.2. The molecular weight excluding hydrogens is 294 g/mol. The van der Waals surface area contributed by atoms with Crippen LogP contribution in [-0.4, -0.2) is 28.5 Å². The van der Waals surface area contributed by atoms with E-state index < -0.39 is 5.97 Å². The maximum Gasteiger partial charge on any atom is 0.342 e. The third-order valence-electron chi connectivity index (χ3n) is 2.79. The lowest BCUT2D eigenvalue weighted by Gasteiger charge is -2.07. The van der Waals surface area contributed by atoms with Gasteiger partial charge in [0.15, 0.2) is 0 Å². The molecule has 2 aromatic rings. The number of amides is 1. The van der Waals surface area contributed by atoms with E-state index in [1.165, 1.54) is 18.3 Å². The minimum Gasteiger partial charge on any atom is -0.462 e. The van der Waals surface area contributed by atoms with E-state index >= 15 is 0 Å². The summed E-state index contributed by atoms with van der Waals surface area (Å²) in [7, 11) is 0. The summed E-state index contributed by atoms with van der Waals surface area (Å²) >= 11 is 5.75. The van der Waals surface area contributed by atoms with Crippen LogP contribution < -0.4 is 5.32 Å². The van der Waals surface area contributed by atoms with Gasteiger partial charge in [-0.15, -0.1) is 0 Å². The maximum atomic E-state index is 12.1. The van der Waals surface area contributed by atoms with Crippen LogP contribution in [0.15, 0.2) is 24.5 Å². The van der Waals surface area contributed by atoms with E-state index in [0.717, 1.165) is 0 Å². The lowest BCUT2D eigenvalue weighted by atomic mass is 10.2. The lowest BCUT2D eigenvalue weighted by molar-refractivity contribution is 0.0527. The number of ether oxygens (including phenoxy) is 1. The van der Waals surface area contributed by atoms with Crippen molar-refractivity contribution in [3.05, 3.63) is 46.5 Å². The van der Waals surface area contributed by atoms with E-state index in [2.05, 4.69) is 15.3 Å². The Morgan fingerprint density at radius 2 is 2.24 bits per heavy atom. The Morgan fingerprint density at radius 1 is 1.48 bits per heavy atom. The molecule has 0 bridgehead atoms. The molecule has 110 valence electrons. The average Bonchev–Trinajstić information content (AvgIpc) is 2.80. The van der Waals surface area contributed by atoms with Crippen molar-refractivity contribution < 1.29 is 14.3 Å². The number of H-pyrrole nitrogens is 1. The lowest BCUT2D eigenvalue weighted by Crippen LogP contribution is -2.15. The predicted molar refractivity (Wildman–Crippen MR) is 78.7 cm³/mol. The van der Waals surface area contributed by atoms with Crippen LogP contribution >= 0.6 is 11.6 Å². The van der Waals surface area contributed by atoms with E-state index in [1.54, 1.807) is 20.0 Å². The van der Waals surface area contributed by atoms with Gasteiger partial charge in [-0.05, 0) is 26.0 Å². The summed E-state index contributed by atoms with van der Waals surface area (Å²) in [4.78, 5) is 30.7. The predicted octanol–water partition coefficient (Wildman–Crippen LogP) is 2.80. The van der Waals surface area contributed by atoms with Crippen molar-refractivity contribution >= 4 is 29.2 Å². The molecule has 6 nitrogen and oxygen atoms in total. The Labute approximate surface area is 126 Å². The quantitative estimate of drug-likeness (QED) is 0.672. The summed E-state index contributed by atoms with van der Waals surface area (Å²) in [5.74, 6) is -0.872. The zero-order valence-electron chi connectivity index (χ0n) is 11.6. The zero-order chi connectivity index (χ0) is 15.4. The molecule has 2 N–H and O–H groups in total. The number of carbonyl (C=O) groups excluding carboxylic acids is 2. The van der Waals surface area contributed by atoms with Gasteiger partial charge in [-0.3, -0.25) is 4.79 Å². The molecular formula is C14H14ClN3O3. The van der Waals surface area contributed by atoms with Gasteiger partial charge in [-0.1, -0.05) is 11.6 Å². The Bertz CT molecular complexity index is 682. The van der Waals surface area contributed by atoms with E-state index in [0.29, 0.717) is 22.5 Å². The molecule has 2 rings (SSSR count). The van der Waals surface area contributed by atoms with Crippen molar-refractivity contribution in [3.63, 3.8) is 0 Å². The molecule has 0 aliphatic carbocycles. The zero-order valence-corrected chi connectivity index (χ0v) is 12.3. The van der Waals surface area contributed by atoms with Crippen LogP contribution in [0.2, 0.25) is 5.15 Å². The van der Waals surface area contributed by atoms with E-state index in [1.807, 2.05) is 0 Å². The molecule has 7 heteroatoms. The Morgan fingerprint density at radius 3 is 2.90 bits per heavy atom. The number of halogens is 1. The first kappa shape index (κ1) is 15.1. The SMILES string of the molecule is CCOC(=O)c1c(NC(=O)c2ccnc(Cl)c2)c[nH]c1C. The fourth-order valence-corrected chi connectivity index (χ4v) is 2.00. The number of hydrogen-bond donors (Lipinski definition) is 2. The first-order valence-corrected chi connectivity index (χ1v) is 6.68. The van der Waals surface area contributed by atoms with Crippen LogP contribution in [0.4, 0.5) is 5.69 Å². The molecule has 0 unspecified atom stereocenters. The van der Waals surface area contributed by atoms with Crippen LogP contribution in [0.3, 0.4) is 0 Å². The molecule has 2 aromatic heterocycles. The van der Waals surface area contributed by atoms with Gasteiger partial charge in [-0.25, -0.2) is 9.78 Å². The number of aryl methyl sites for hydroxylation is 1. The number of aromatic amines is 1. The summed E-state index contributed by atoms with van der Waals surface area (Å²) < 4.78 is 4.97. The smallest absolute Gasteiger partial charge is 0.342 e. The van der Waals surface area contributed by atoms with Gasteiger partial charge in [0.2, 0.25) is 0 Å². The van der Waals surface area contributed by atoms with Crippen molar-refractivity contribution in [2.24, 2.45) is 0 Å². The molecule has 0 fully saturated rings. The average molecular weight is 308 g/mol. The molecule has 0 aliphatic rings. The van der Waals surface area contributed by atoms with Gasteiger partial charge >= 0.3 is 5.97 Å².